The van der Waals surface area contributed by atoms with Crippen LogP contribution in [-0.2, 0) is 11.2 Å². The molecule has 0 saturated heterocycles. The number of methoxy groups -OCH3 is 1. The number of nitrogens with one attached hydrogen (secondary N) is 2. The molecule has 0 aliphatic heterocycles. The van der Waals surface area contributed by atoms with Crippen molar-refractivity contribution in [2.24, 2.45) is 0 Å². The van der Waals surface area contributed by atoms with Crippen molar-refractivity contribution < 1.29 is 9.53 Å². The molecular weight excluding hydrogens is 344 g/mol. The van der Waals surface area contributed by atoms with Gasteiger partial charge in [0, 0.05) is 10.2 Å². The molecule has 0 fully saturated rings. The zero-order valence-electron chi connectivity index (χ0n) is 12.4. The van der Waals surface area contributed by atoms with E-state index in [4.69, 9.17) is 4.74 Å². The lowest BCUT2D eigenvalue weighted by molar-refractivity contribution is -0.115. The molecule has 2 rings (SSSR count). The van der Waals surface area contributed by atoms with Crippen LogP contribution in [0.1, 0.15) is 5.56 Å². The molecule has 0 saturated carbocycles. The van der Waals surface area contributed by atoms with Crippen molar-refractivity contribution in [2.75, 3.05) is 25.5 Å². The summed E-state index contributed by atoms with van der Waals surface area (Å²) in [6, 6.07) is 15.4. The van der Waals surface area contributed by atoms with Crippen molar-refractivity contribution in [1.82, 2.24) is 5.32 Å². The van der Waals surface area contributed by atoms with Gasteiger partial charge < -0.3 is 15.4 Å². The topological polar surface area (TPSA) is 50.4 Å². The lowest BCUT2D eigenvalue weighted by atomic mass is 10.1. The average Bonchev–Trinajstić information content (AvgIpc) is 2.52. The second-order valence-corrected chi connectivity index (χ2v) is 5.71. The molecule has 2 aromatic carbocycles. The summed E-state index contributed by atoms with van der Waals surface area (Å²) in [5.74, 6) is 0.820. The largest absolute Gasteiger partial charge is 0.496 e. The van der Waals surface area contributed by atoms with Gasteiger partial charge in [-0.1, -0.05) is 40.2 Å². The van der Waals surface area contributed by atoms with E-state index >= 15 is 0 Å². The Morgan fingerprint density at radius 2 is 2.00 bits per heavy atom. The number of ether oxygens (including phenoxy) is 1. The first-order valence-corrected chi connectivity index (χ1v) is 7.86. The summed E-state index contributed by atoms with van der Waals surface area (Å²) in [6.45, 7) is 0.994. The van der Waals surface area contributed by atoms with Gasteiger partial charge >= 0.3 is 0 Å². The number of rotatable bonds is 7. The number of carbonyl (C=O) groups is 1. The van der Waals surface area contributed by atoms with Gasteiger partial charge in [0.2, 0.25) is 5.91 Å². The predicted octanol–water partition coefficient (Wildman–Crippen LogP) is 3.23. The van der Waals surface area contributed by atoms with E-state index in [9.17, 15) is 4.79 Å². The minimum absolute atomic E-state index is 0.0573. The van der Waals surface area contributed by atoms with Crippen LogP contribution in [0.3, 0.4) is 0 Å². The van der Waals surface area contributed by atoms with E-state index < -0.39 is 0 Å². The summed E-state index contributed by atoms with van der Waals surface area (Å²) in [4.78, 5) is 11.8. The summed E-state index contributed by atoms with van der Waals surface area (Å²) >= 11 is 3.38. The summed E-state index contributed by atoms with van der Waals surface area (Å²) in [7, 11) is 1.66. The lowest BCUT2D eigenvalue weighted by Crippen LogP contribution is -2.29. The Bertz CT molecular complexity index is 632. The second kappa shape index (κ2) is 8.56. The molecule has 0 bridgehead atoms. The Morgan fingerprint density at radius 3 is 2.77 bits per heavy atom. The van der Waals surface area contributed by atoms with Gasteiger partial charge in [-0.2, -0.15) is 0 Å². The van der Waals surface area contributed by atoms with Gasteiger partial charge in [0.25, 0.3) is 0 Å². The third kappa shape index (κ3) is 5.16. The standard InChI is InChI=1S/C17H19BrN2O2/c1-22-16-8-3-2-5-13(16)9-10-19-12-17(21)20-15-7-4-6-14(18)11-15/h2-8,11,19H,9-10,12H2,1H3,(H,20,21). The minimum atomic E-state index is -0.0573. The number of hydrogen-bond acceptors (Lipinski definition) is 3. The van der Waals surface area contributed by atoms with E-state index in [1.165, 1.54) is 0 Å². The Kier molecular flexibility index (Phi) is 6.43. The molecule has 0 radical (unpaired) electrons. The fraction of sp³-hybridized carbons (Fsp3) is 0.235. The summed E-state index contributed by atoms with van der Waals surface area (Å²) in [5, 5.41) is 5.99. The van der Waals surface area contributed by atoms with Crippen LogP contribution in [0.25, 0.3) is 0 Å². The Labute approximate surface area is 139 Å². The summed E-state index contributed by atoms with van der Waals surface area (Å²) < 4.78 is 6.24. The summed E-state index contributed by atoms with van der Waals surface area (Å²) in [5.41, 5.74) is 1.91. The quantitative estimate of drug-likeness (QED) is 0.743. The molecule has 1 amide bonds. The maximum Gasteiger partial charge on any atom is 0.238 e. The van der Waals surface area contributed by atoms with Crippen molar-refractivity contribution in [2.45, 2.75) is 6.42 Å². The third-order valence-corrected chi connectivity index (χ3v) is 3.65. The van der Waals surface area contributed by atoms with Crippen LogP contribution < -0.4 is 15.4 Å². The van der Waals surface area contributed by atoms with Gasteiger partial charge in [0.05, 0.1) is 13.7 Å². The van der Waals surface area contributed by atoms with E-state index in [-0.39, 0.29) is 12.5 Å². The molecule has 22 heavy (non-hydrogen) atoms. The minimum Gasteiger partial charge on any atom is -0.496 e. The first-order chi connectivity index (χ1) is 10.7. The highest BCUT2D eigenvalue weighted by molar-refractivity contribution is 9.10. The number of halogens is 1. The van der Waals surface area contributed by atoms with Gasteiger partial charge in [-0.25, -0.2) is 0 Å². The molecule has 0 aromatic heterocycles. The molecular formula is C17H19BrN2O2. The third-order valence-electron chi connectivity index (χ3n) is 3.16. The lowest BCUT2D eigenvalue weighted by Gasteiger charge is -2.09. The highest BCUT2D eigenvalue weighted by atomic mass is 79.9. The Balaban J connectivity index is 1.73. The van der Waals surface area contributed by atoms with Gasteiger partial charge in [0.15, 0.2) is 0 Å². The van der Waals surface area contributed by atoms with E-state index in [1.807, 2.05) is 48.5 Å². The van der Waals surface area contributed by atoms with Crippen molar-refractivity contribution in [1.29, 1.82) is 0 Å². The van der Waals surface area contributed by atoms with Crippen LogP contribution in [0.2, 0.25) is 0 Å². The Morgan fingerprint density at radius 1 is 1.18 bits per heavy atom. The van der Waals surface area contributed by atoms with E-state index in [2.05, 4.69) is 26.6 Å². The van der Waals surface area contributed by atoms with E-state index in [1.54, 1.807) is 7.11 Å². The number of hydrogen-bond donors (Lipinski definition) is 2. The van der Waals surface area contributed by atoms with Crippen LogP contribution in [-0.4, -0.2) is 26.1 Å². The molecule has 0 aliphatic rings. The van der Waals surface area contributed by atoms with Crippen molar-refractivity contribution >= 4 is 27.5 Å². The summed E-state index contributed by atoms with van der Waals surface area (Å²) in [6.07, 6.45) is 0.814. The smallest absolute Gasteiger partial charge is 0.238 e. The van der Waals surface area contributed by atoms with Gasteiger partial charge in [-0.15, -0.1) is 0 Å². The number of anilines is 1. The van der Waals surface area contributed by atoms with Gasteiger partial charge in [0.1, 0.15) is 5.75 Å². The zero-order valence-corrected chi connectivity index (χ0v) is 14.0. The van der Waals surface area contributed by atoms with Crippen LogP contribution in [0.4, 0.5) is 5.69 Å². The molecule has 0 atom stereocenters. The Hall–Kier alpha value is -1.85. The van der Waals surface area contributed by atoms with Crippen molar-refractivity contribution in [3.63, 3.8) is 0 Å². The van der Waals surface area contributed by atoms with Crippen molar-refractivity contribution in [3.8, 4) is 5.75 Å². The normalized spacial score (nSPS) is 10.3. The number of benzene rings is 2. The maximum atomic E-state index is 11.8. The average molecular weight is 363 g/mol. The maximum absolute atomic E-state index is 11.8. The first kappa shape index (κ1) is 16.5. The van der Waals surface area contributed by atoms with Gasteiger partial charge in [-0.05, 0) is 42.8 Å². The van der Waals surface area contributed by atoms with Gasteiger partial charge in [-0.3, -0.25) is 4.79 Å². The molecule has 5 heteroatoms. The van der Waals surface area contributed by atoms with E-state index in [0.29, 0.717) is 6.54 Å². The van der Waals surface area contributed by atoms with Crippen LogP contribution >= 0.6 is 15.9 Å². The molecule has 0 heterocycles. The second-order valence-electron chi connectivity index (χ2n) is 4.80. The zero-order chi connectivity index (χ0) is 15.8. The van der Waals surface area contributed by atoms with E-state index in [0.717, 1.165) is 27.9 Å². The first-order valence-electron chi connectivity index (χ1n) is 7.07. The predicted molar refractivity (Wildman–Crippen MR) is 92.3 cm³/mol. The molecule has 2 aromatic rings. The van der Waals surface area contributed by atoms with Crippen LogP contribution in [0, 0.1) is 0 Å². The highest BCUT2D eigenvalue weighted by Gasteiger charge is 2.04. The molecule has 2 N–H and O–H groups in total. The van der Waals surface area contributed by atoms with Crippen LogP contribution in [0.5, 0.6) is 5.75 Å². The van der Waals surface area contributed by atoms with Crippen LogP contribution in [0.15, 0.2) is 53.0 Å². The van der Waals surface area contributed by atoms with Crippen molar-refractivity contribution in [3.05, 3.63) is 58.6 Å². The number of carbonyl (C=O) groups excluding carboxylic acids is 1. The molecule has 0 aliphatic carbocycles. The SMILES string of the molecule is COc1ccccc1CCNCC(=O)Nc1cccc(Br)c1. The molecule has 116 valence electrons. The molecule has 0 unspecified atom stereocenters. The molecule has 0 spiro atoms. The number of para-hydroxylation sites is 1. The monoisotopic (exact) mass is 362 g/mol. The number of amides is 1. The molecule has 4 nitrogen and oxygen atoms in total. The highest BCUT2D eigenvalue weighted by Crippen LogP contribution is 2.17. The fourth-order valence-corrected chi connectivity index (χ4v) is 2.51. The fourth-order valence-electron chi connectivity index (χ4n) is 2.11.